The second-order valence-electron chi connectivity index (χ2n) is 3.73. The average molecular weight is 252 g/mol. The zero-order valence-electron chi connectivity index (χ0n) is 8.98. The first-order valence-corrected chi connectivity index (χ1v) is 5.49. The Balaban J connectivity index is 2.13. The van der Waals surface area contributed by atoms with E-state index < -0.39 is 5.82 Å². The van der Waals surface area contributed by atoms with Gasteiger partial charge in [0, 0.05) is 24.0 Å². The molecule has 0 amide bonds. The summed E-state index contributed by atoms with van der Waals surface area (Å²) in [5.74, 6) is -0.430. The lowest BCUT2D eigenvalue weighted by Gasteiger charge is -2.11. The lowest BCUT2D eigenvalue weighted by molar-refractivity contribution is 0.622. The average Bonchev–Trinajstić information content (AvgIpc) is 2.35. The smallest absolute Gasteiger partial charge is 0.142 e. The van der Waals surface area contributed by atoms with Crippen LogP contribution in [0.25, 0.3) is 0 Å². The lowest BCUT2D eigenvalue weighted by Crippen LogP contribution is -2.14. The highest BCUT2D eigenvalue weighted by atomic mass is 35.5. The van der Waals surface area contributed by atoms with E-state index >= 15 is 0 Å². The highest BCUT2D eigenvalue weighted by Crippen LogP contribution is 2.19. The number of halogens is 2. The minimum absolute atomic E-state index is 0.116. The molecule has 0 saturated carbocycles. The Morgan fingerprint density at radius 3 is 2.65 bits per heavy atom. The van der Waals surface area contributed by atoms with Crippen LogP contribution in [0.2, 0.25) is 5.02 Å². The first-order valence-electron chi connectivity index (χ1n) is 5.11. The molecule has 88 valence electrons. The lowest BCUT2D eigenvalue weighted by atomic mass is 10.0. The summed E-state index contributed by atoms with van der Waals surface area (Å²) in [6.07, 6.45) is 5.27. The van der Waals surface area contributed by atoms with Crippen LogP contribution in [-0.2, 0) is 6.42 Å². The van der Waals surface area contributed by atoms with Crippen molar-refractivity contribution < 1.29 is 4.39 Å². The maximum Gasteiger partial charge on any atom is 0.142 e. The van der Waals surface area contributed by atoms with Crippen molar-refractivity contribution in [2.75, 3.05) is 0 Å². The fourth-order valence-electron chi connectivity index (χ4n) is 1.54. The van der Waals surface area contributed by atoms with Gasteiger partial charge in [0.15, 0.2) is 0 Å². The van der Waals surface area contributed by atoms with Gasteiger partial charge in [0.05, 0.1) is 5.02 Å². The van der Waals surface area contributed by atoms with E-state index in [2.05, 4.69) is 9.97 Å². The molecule has 1 atom stereocenters. The van der Waals surface area contributed by atoms with E-state index in [1.54, 1.807) is 18.5 Å². The Kier molecular flexibility index (Phi) is 3.66. The molecule has 0 aliphatic carbocycles. The third-order valence-corrected chi connectivity index (χ3v) is 2.75. The summed E-state index contributed by atoms with van der Waals surface area (Å²) in [5.41, 5.74) is 7.60. The molecule has 1 aromatic carbocycles. The summed E-state index contributed by atoms with van der Waals surface area (Å²) in [7, 11) is 0. The maximum absolute atomic E-state index is 13.2. The molecule has 2 rings (SSSR count). The molecule has 1 aromatic heterocycles. The molecule has 1 unspecified atom stereocenters. The van der Waals surface area contributed by atoms with E-state index in [0.717, 1.165) is 11.1 Å². The molecule has 0 bridgehead atoms. The Morgan fingerprint density at radius 1 is 1.29 bits per heavy atom. The second kappa shape index (κ2) is 5.21. The number of aromatic nitrogens is 2. The first kappa shape index (κ1) is 12.0. The van der Waals surface area contributed by atoms with Gasteiger partial charge in [-0.15, -0.1) is 0 Å². The van der Waals surface area contributed by atoms with Gasteiger partial charge in [-0.1, -0.05) is 17.7 Å². The van der Waals surface area contributed by atoms with E-state index in [9.17, 15) is 4.39 Å². The van der Waals surface area contributed by atoms with E-state index in [0.29, 0.717) is 6.42 Å². The highest BCUT2D eigenvalue weighted by molar-refractivity contribution is 6.30. The Morgan fingerprint density at radius 2 is 2.00 bits per heavy atom. The minimum atomic E-state index is -0.430. The summed E-state index contributed by atoms with van der Waals surface area (Å²) in [4.78, 5) is 7.79. The number of rotatable bonds is 3. The summed E-state index contributed by atoms with van der Waals surface area (Å²) in [5, 5.41) is 0.116. The molecular weight excluding hydrogens is 241 g/mol. The third-order valence-electron chi connectivity index (χ3n) is 2.45. The number of hydrogen-bond donors (Lipinski definition) is 1. The van der Waals surface area contributed by atoms with Crippen LogP contribution in [-0.4, -0.2) is 9.97 Å². The highest BCUT2D eigenvalue weighted by Gasteiger charge is 2.09. The fourth-order valence-corrected chi connectivity index (χ4v) is 1.66. The van der Waals surface area contributed by atoms with E-state index in [1.807, 2.05) is 0 Å². The molecule has 0 aliphatic heterocycles. The topological polar surface area (TPSA) is 51.8 Å². The van der Waals surface area contributed by atoms with Gasteiger partial charge in [0.2, 0.25) is 0 Å². The predicted octanol–water partition coefficient (Wildman–Crippen LogP) is 2.51. The quantitative estimate of drug-likeness (QED) is 0.912. The zero-order valence-corrected chi connectivity index (χ0v) is 9.73. The van der Waals surface area contributed by atoms with E-state index in [1.165, 1.54) is 18.5 Å². The van der Waals surface area contributed by atoms with Crippen molar-refractivity contribution in [1.82, 2.24) is 9.97 Å². The monoisotopic (exact) mass is 251 g/mol. The van der Waals surface area contributed by atoms with Crippen molar-refractivity contribution in [3.8, 4) is 0 Å². The zero-order chi connectivity index (χ0) is 12.3. The Labute approximate surface area is 103 Å². The van der Waals surface area contributed by atoms with Crippen molar-refractivity contribution in [3.63, 3.8) is 0 Å². The fraction of sp³-hybridized carbons (Fsp3) is 0.167. The SMILES string of the molecule is NC(Cc1ccc(Cl)c(F)c1)c1cncnc1. The van der Waals surface area contributed by atoms with Gasteiger partial charge < -0.3 is 5.73 Å². The number of benzene rings is 1. The van der Waals surface area contributed by atoms with Gasteiger partial charge >= 0.3 is 0 Å². The molecule has 2 N–H and O–H groups in total. The van der Waals surface area contributed by atoms with Crippen LogP contribution in [0.1, 0.15) is 17.2 Å². The second-order valence-corrected chi connectivity index (χ2v) is 4.14. The summed E-state index contributed by atoms with van der Waals surface area (Å²) >= 11 is 5.61. The van der Waals surface area contributed by atoms with Crippen molar-refractivity contribution in [2.24, 2.45) is 5.73 Å². The molecule has 0 aliphatic rings. The third kappa shape index (κ3) is 2.99. The van der Waals surface area contributed by atoms with E-state index in [-0.39, 0.29) is 11.1 Å². The van der Waals surface area contributed by atoms with Crippen LogP contribution in [0.5, 0.6) is 0 Å². The standard InChI is InChI=1S/C12H11ClFN3/c13-10-2-1-8(3-11(10)14)4-12(15)9-5-16-7-17-6-9/h1-3,5-7,12H,4,15H2. The maximum atomic E-state index is 13.2. The minimum Gasteiger partial charge on any atom is -0.324 e. The van der Waals surface area contributed by atoms with Crippen LogP contribution in [0.4, 0.5) is 4.39 Å². The molecule has 1 heterocycles. The first-order chi connectivity index (χ1) is 8.16. The van der Waals surface area contributed by atoms with Gasteiger partial charge in [0.25, 0.3) is 0 Å². The Hall–Kier alpha value is -1.52. The van der Waals surface area contributed by atoms with E-state index in [4.69, 9.17) is 17.3 Å². The molecule has 3 nitrogen and oxygen atoms in total. The largest absolute Gasteiger partial charge is 0.324 e. The molecular formula is C12H11ClFN3. The van der Waals surface area contributed by atoms with Crippen molar-refractivity contribution in [1.29, 1.82) is 0 Å². The predicted molar refractivity (Wildman–Crippen MR) is 64.1 cm³/mol. The number of nitrogens with zero attached hydrogens (tertiary/aromatic N) is 2. The van der Waals surface area contributed by atoms with Crippen molar-refractivity contribution in [2.45, 2.75) is 12.5 Å². The number of nitrogens with two attached hydrogens (primary N) is 1. The van der Waals surface area contributed by atoms with Crippen LogP contribution >= 0.6 is 11.6 Å². The van der Waals surface area contributed by atoms with Gasteiger partial charge in [-0.3, -0.25) is 0 Å². The number of hydrogen-bond acceptors (Lipinski definition) is 3. The molecule has 0 radical (unpaired) electrons. The van der Waals surface area contributed by atoms with Crippen LogP contribution in [0, 0.1) is 5.82 Å². The van der Waals surface area contributed by atoms with Gasteiger partial charge in [-0.2, -0.15) is 0 Å². The summed E-state index contributed by atoms with van der Waals surface area (Å²) in [6, 6.07) is 4.43. The molecule has 17 heavy (non-hydrogen) atoms. The molecule has 0 saturated heterocycles. The van der Waals surface area contributed by atoms with Crippen LogP contribution in [0.15, 0.2) is 36.9 Å². The van der Waals surface area contributed by atoms with Gasteiger partial charge in [-0.05, 0) is 24.1 Å². The molecule has 0 fully saturated rings. The van der Waals surface area contributed by atoms with Crippen molar-refractivity contribution >= 4 is 11.6 Å². The molecule has 2 aromatic rings. The van der Waals surface area contributed by atoms with Crippen LogP contribution in [0.3, 0.4) is 0 Å². The molecule has 5 heteroatoms. The van der Waals surface area contributed by atoms with Crippen molar-refractivity contribution in [3.05, 3.63) is 58.9 Å². The van der Waals surface area contributed by atoms with Crippen LogP contribution < -0.4 is 5.73 Å². The molecule has 0 spiro atoms. The van der Waals surface area contributed by atoms with Gasteiger partial charge in [-0.25, -0.2) is 14.4 Å². The van der Waals surface area contributed by atoms with Gasteiger partial charge in [0.1, 0.15) is 12.1 Å². The normalized spacial score (nSPS) is 12.4. The summed E-state index contributed by atoms with van der Waals surface area (Å²) < 4.78 is 13.2. The summed E-state index contributed by atoms with van der Waals surface area (Å²) in [6.45, 7) is 0. The Bertz CT molecular complexity index is 504.